The molecule has 5 nitrogen and oxygen atoms in total. The van der Waals surface area contributed by atoms with Gasteiger partial charge >= 0.3 is 0 Å². The third-order valence-corrected chi connectivity index (χ3v) is 5.78. The van der Waals surface area contributed by atoms with Crippen LogP contribution in [0.2, 0.25) is 0 Å². The minimum absolute atomic E-state index is 0.310. The highest BCUT2D eigenvalue weighted by molar-refractivity contribution is 8.00. The number of guanidine groups is 1. The first-order chi connectivity index (χ1) is 12.2. The topological polar surface area (TPSA) is 62.5 Å². The molecule has 0 saturated carbocycles. The highest BCUT2D eigenvalue weighted by atomic mass is 32.2. The first-order valence-electron chi connectivity index (χ1n) is 8.84. The van der Waals surface area contributed by atoms with Gasteiger partial charge in [0.1, 0.15) is 12.0 Å². The molecule has 1 fully saturated rings. The van der Waals surface area contributed by atoms with E-state index >= 15 is 0 Å². The maximum absolute atomic E-state index is 5.58. The SMILES string of the molecule is CCNC(=NCc1coc(-c2ccccc2)n1)NCC1(C)CCCS1. The second-order valence-electron chi connectivity index (χ2n) is 6.46. The minimum atomic E-state index is 0.310. The molecule has 1 aromatic carbocycles. The highest BCUT2D eigenvalue weighted by Crippen LogP contribution is 2.36. The average molecular weight is 359 g/mol. The molecule has 3 rings (SSSR count). The molecule has 1 aliphatic rings. The molecule has 0 spiro atoms. The standard InChI is InChI=1S/C19H26N4OS/c1-3-20-18(22-14-19(2)10-7-11-25-19)21-12-16-13-24-17(23-16)15-8-5-4-6-9-15/h4-6,8-9,13H,3,7,10-12,14H2,1-2H3,(H2,20,21,22). The Hall–Kier alpha value is -1.95. The van der Waals surface area contributed by atoms with Gasteiger partial charge in [0.25, 0.3) is 0 Å². The number of aliphatic imine (C=N–C) groups is 1. The van der Waals surface area contributed by atoms with E-state index in [0.717, 1.165) is 30.3 Å². The van der Waals surface area contributed by atoms with Crippen LogP contribution in [-0.4, -0.2) is 34.5 Å². The van der Waals surface area contributed by atoms with E-state index in [0.29, 0.717) is 17.2 Å². The van der Waals surface area contributed by atoms with Crippen molar-refractivity contribution in [3.05, 3.63) is 42.3 Å². The van der Waals surface area contributed by atoms with Gasteiger partial charge in [-0.3, -0.25) is 0 Å². The fraction of sp³-hybridized carbons (Fsp3) is 0.474. The second-order valence-corrected chi connectivity index (χ2v) is 8.14. The van der Waals surface area contributed by atoms with Crippen molar-refractivity contribution in [3.63, 3.8) is 0 Å². The molecule has 2 heterocycles. The summed E-state index contributed by atoms with van der Waals surface area (Å²) in [5, 5.41) is 6.78. The van der Waals surface area contributed by atoms with Crippen molar-refractivity contribution in [2.24, 2.45) is 4.99 Å². The van der Waals surface area contributed by atoms with E-state index in [2.05, 4.69) is 34.5 Å². The lowest BCUT2D eigenvalue weighted by Crippen LogP contribution is -2.43. The van der Waals surface area contributed by atoms with Crippen LogP contribution in [0, 0.1) is 0 Å². The number of thioether (sulfide) groups is 1. The Kier molecular flexibility index (Phi) is 6.02. The number of nitrogens with one attached hydrogen (secondary N) is 2. The summed E-state index contributed by atoms with van der Waals surface area (Å²) in [7, 11) is 0. The van der Waals surface area contributed by atoms with E-state index in [1.54, 1.807) is 6.26 Å². The summed E-state index contributed by atoms with van der Waals surface area (Å²) in [6, 6.07) is 9.92. The van der Waals surface area contributed by atoms with Crippen molar-refractivity contribution in [2.45, 2.75) is 38.0 Å². The Labute approximate surface area is 153 Å². The first-order valence-corrected chi connectivity index (χ1v) is 9.83. The third-order valence-electron chi connectivity index (χ3n) is 4.25. The molecule has 134 valence electrons. The molecule has 1 saturated heterocycles. The monoisotopic (exact) mass is 358 g/mol. The molecule has 2 aromatic rings. The summed E-state index contributed by atoms with van der Waals surface area (Å²) >= 11 is 2.05. The number of hydrogen-bond donors (Lipinski definition) is 2. The molecule has 0 bridgehead atoms. The Morgan fingerprint density at radius 3 is 2.88 bits per heavy atom. The largest absolute Gasteiger partial charge is 0.444 e. The van der Waals surface area contributed by atoms with Gasteiger partial charge in [-0.25, -0.2) is 9.98 Å². The summed E-state index contributed by atoms with van der Waals surface area (Å²) in [5.41, 5.74) is 1.81. The van der Waals surface area contributed by atoms with Gasteiger partial charge in [-0.05, 0) is 44.6 Å². The number of benzene rings is 1. The van der Waals surface area contributed by atoms with Gasteiger partial charge in [0.05, 0.1) is 6.54 Å². The van der Waals surface area contributed by atoms with E-state index in [1.807, 2.05) is 42.1 Å². The minimum Gasteiger partial charge on any atom is -0.444 e. The van der Waals surface area contributed by atoms with Crippen molar-refractivity contribution in [3.8, 4) is 11.5 Å². The van der Waals surface area contributed by atoms with Gasteiger partial charge in [0.2, 0.25) is 5.89 Å². The summed E-state index contributed by atoms with van der Waals surface area (Å²) in [4.78, 5) is 9.18. The molecule has 0 aliphatic carbocycles. The molecular formula is C19H26N4OS. The lowest BCUT2D eigenvalue weighted by Gasteiger charge is -2.24. The van der Waals surface area contributed by atoms with Crippen LogP contribution in [0.5, 0.6) is 0 Å². The lowest BCUT2D eigenvalue weighted by atomic mass is 10.1. The van der Waals surface area contributed by atoms with Gasteiger partial charge in [0, 0.05) is 23.4 Å². The summed E-state index contributed by atoms with van der Waals surface area (Å²) in [6.07, 6.45) is 4.25. The number of aromatic nitrogens is 1. The highest BCUT2D eigenvalue weighted by Gasteiger charge is 2.29. The fourth-order valence-electron chi connectivity index (χ4n) is 2.84. The van der Waals surface area contributed by atoms with E-state index < -0.39 is 0 Å². The van der Waals surface area contributed by atoms with E-state index in [9.17, 15) is 0 Å². The second kappa shape index (κ2) is 8.43. The molecule has 1 unspecified atom stereocenters. The Morgan fingerprint density at radius 1 is 1.32 bits per heavy atom. The van der Waals surface area contributed by atoms with Crippen LogP contribution in [0.4, 0.5) is 0 Å². The molecule has 2 N–H and O–H groups in total. The van der Waals surface area contributed by atoms with E-state index in [-0.39, 0.29) is 0 Å². The van der Waals surface area contributed by atoms with Crippen molar-refractivity contribution in [1.82, 2.24) is 15.6 Å². The molecule has 0 amide bonds. The van der Waals surface area contributed by atoms with Gasteiger partial charge in [-0.2, -0.15) is 11.8 Å². The molecule has 1 aliphatic heterocycles. The smallest absolute Gasteiger partial charge is 0.226 e. The number of hydrogen-bond acceptors (Lipinski definition) is 4. The Bertz CT molecular complexity index is 692. The zero-order valence-corrected chi connectivity index (χ0v) is 15.7. The van der Waals surface area contributed by atoms with Crippen molar-refractivity contribution in [2.75, 3.05) is 18.8 Å². The summed E-state index contributed by atoms with van der Waals surface area (Å²) in [6.45, 7) is 6.66. The molecule has 25 heavy (non-hydrogen) atoms. The third kappa shape index (κ3) is 5.01. The molecule has 1 aromatic heterocycles. The van der Waals surface area contributed by atoms with Gasteiger partial charge in [0.15, 0.2) is 5.96 Å². The average Bonchev–Trinajstić information content (AvgIpc) is 3.28. The van der Waals surface area contributed by atoms with Crippen LogP contribution < -0.4 is 10.6 Å². The Balaban J connectivity index is 1.60. The number of rotatable bonds is 6. The molecular weight excluding hydrogens is 332 g/mol. The zero-order valence-electron chi connectivity index (χ0n) is 14.9. The number of oxazole rings is 1. The number of nitrogens with zero attached hydrogens (tertiary/aromatic N) is 2. The van der Waals surface area contributed by atoms with Crippen LogP contribution in [0.25, 0.3) is 11.5 Å². The molecule has 6 heteroatoms. The van der Waals surface area contributed by atoms with Crippen LogP contribution in [0.3, 0.4) is 0 Å². The van der Waals surface area contributed by atoms with Gasteiger partial charge in [-0.15, -0.1) is 0 Å². The van der Waals surface area contributed by atoms with Crippen molar-refractivity contribution < 1.29 is 4.42 Å². The van der Waals surface area contributed by atoms with Crippen LogP contribution in [0.1, 0.15) is 32.4 Å². The molecule has 0 radical (unpaired) electrons. The summed E-state index contributed by atoms with van der Waals surface area (Å²) < 4.78 is 5.89. The molecule has 1 atom stereocenters. The summed E-state index contributed by atoms with van der Waals surface area (Å²) in [5.74, 6) is 2.73. The lowest BCUT2D eigenvalue weighted by molar-refractivity contribution is 0.572. The van der Waals surface area contributed by atoms with Crippen LogP contribution in [-0.2, 0) is 6.54 Å². The first kappa shape index (κ1) is 17.9. The van der Waals surface area contributed by atoms with Crippen molar-refractivity contribution >= 4 is 17.7 Å². The fourth-order valence-corrected chi connectivity index (χ4v) is 4.09. The zero-order chi connectivity index (χ0) is 17.5. The van der Waals surface area contributed by atoms with E-state index in [1.165, 1.54) is 18.6 Å². The van der Waals surface area contributed by atoms with E-state index in [4.69, 9.17) is 4.42 Å². The van der Waals surface area contributed by atoms with Crippen LogP contribution in [0.15, 0.2) is 46.0 Å². The predicted octanol–water partition coefficient (Wildman–Crippen LogP) is 3.68. The van der Waals surface area contributed by atoms with Gasteiger partial charge in [-0.1, -0.05) is 18.2 Å². The van der Waals surface area contributed by atoms with Crippen LogP contribution >= 0.6 is 11.8 Å². The predicted molar refractivity (Wildman–Crippen MR) is 105 cm³/mol. The van der Waals surface area contributed by atoms with Gasteiger partial charge < -0.3 is 15.1 Å². The van der Waals surface area contributed by atoms with Crippen molar-refractivity contribution in [1.29, 1.82) is 0 Å². The Morgan fingerprint density at radius 2 is 2.16 bits per heavy atom. The quantitative estimate of drug-likeness (QED) is 0.609. The maximum atomic E-state index is 5.58. The normalized spacial score (nSPS) is 20.6. The maximum Gasteiger partial charge on any atom is 0.226 e.